The lowest BCUT2D eigenvalue weighted by Gasteiger charge is -2.11. The fourth-order valence-corrected chi connectivity index (χ4v) is 2.80. The van der Waals surface area contributed by atoms with Gasteiger partial charge in [0.25, 0.3) is 5.91 Å². The maximum absolute atomic E-state index is 11.8. The molecule has 0 radical (unpaired) electrons. The molecular weight excluding hydrogens is 385 g/mol. The van der Waals surface area contributed by atoms with Gasteiger partial charge in [0.2, 0.25) is 0 Å². The topological polar surface area (TPSA) is 53.9 Å². The third-order valence-corrected chi connectivity index (χ3v) is 3.90. The predicted octanol–water partition coefficient (Wildman–Crippen LogP) is 4.24. The van der Waals surface area contributed by atoms with Gasteiger partial charge >= 0.3 is 0 Å². The summed E-state index contributed by atoms with van der Waals surface area (Å²) in [6.07, 6.45) is 1.54. The Morgan fingerprint density at radius 2 is 1.76 bits per heavy atom. The molecular formula is C17H16Cl3N3O2. The van der Waals surface area contributed by atoms with E-state index >= 15 is 0 Å². The third kappa shape index (κ3) is 5.81. The normalized spacial score (nSPS) is 10.8. The first kappa shape index (κ1) is 19.4. The van der Waals surface area contributed by atoms with Crippen molar-refractivity contribution in [3.8, 4) is 5.75 Å². The summed E-state index contributed by atoms with van der Waals surface area (Å²) in [6, 6.07) is 10.7. The maximum atomic E-state index is 11.8. The molecule has 5 nitrogen and oxygen atoms in total. The van der Waals surface area contributed by atoms with Crippen molar-refractivity contribution in [2.24, 2.45) is 5.10 Å². The molecule has 0 aliphatic rings. The number of carbonyl (C=O) groups is 1. The number of hydrogen-bond acceptors (Lipinski definition) is 4. The molecule has 0 spiro atoms. The molecule has 0 unspecified atom stereocenters. The fourth-order valence-electron chi connectivity index (χ4n) is 1.87. The monoisotopic (exact) mass is 399 g/mol. The molecule has 1 N–H and O–H groups in total. The summed E-state index contributed by atoms with van der Waals surface area (Å²) in [5.41, 5.74) is 4.30. The summed E-state index contributed by atoms with van der Waals surface area (Å²) >= 11 is 17.8. The highest BCUT2D eigenvalue weighted by Gasteiger charge is 2.11. The first-order chi connectivity index (χ1) is 11.9. The van der Waals surface area contributed by atoms with Crippen molar-refractivity contribution in [2.45, 2.75) is 0 Å². The first-order valence-corrected chi connectivity index (χ1v) is 8.37. The second kappa shape index (κ2) is 8.94. The molecule has 2 rings (SSSR count). The van der Waals surface area contributed by atoms with E-state index < -0.39 is 5.91 Å². The van der Waals surface area contributed by atoms with Crippen LogP contribution in [0.15, 0.2) is 41.5 Å². The summed E-state index contributed by atoms with van der Waals surface area (Å²) in [6.45, 7) is -0.280. The zero-order chi connectivity index (χ0) is 18.4. The highest BCUT2D eigenvalue weighted by molar-refractivity contribution is 6.40. The van der Waals surface area contributed by atoms with Crippen LogP contribution < -0.4 is 15.1 Å². The number of hydrogen-bond donors (Lipinski definition) is 1. The molecule has 0 atom stereocenters. The van der Waals surface area contributed by atoms with Gasteiger partial charge in [0.1, 0.15) is 0 Å². The van der Waals surface area contributed by atoms with E-state index in [0.29, 0.717) is 5.02 Å². The van der Waals surface area contributed by atoms with Crippen LogP contribution in [0.1, 0.15) is 5.56 Å². The van der Waals surface area contributed by atoms with E-state index in [9.17, 15) is 4.79 Å². The number of carbonyl (C=O) groups excluding carboxylic acids is 1. The minimum Gasteiger partial charge on any atom is -0.481 e. The summed E-state index contributed by atoms with van der Waals surface area (Å²) < 4.78 is 5.32. The standard InChI is InChI=1S/C17H16Cl3N3O2/c1-23(2)13-5-3-11(4-6-13)9-21-22-16(24)10-25-17-14(19)7-12(18)8-15(17)20/h3-9H,10H2,1-2H3,(H,22,24). The molecule has 0 saturated carbocycles. The number of anilines is 1. The Kier molecular flexibility index (Phi) is 6.93. The number of ether oxygens (including phenoxy) is 1. The summed E-state index contributed by atoms with van der Waals surface area (Å²) in [7, 11) is 3.92. The van der Waals surface area contributed by atoms with Crippen molar-refractivity contribution in [2.75, 3.05) is 25.6 Å². The largest absolute Gasteiger partial charge is 0.481 e. The van der Waals surface area contributed by atoms with Crippen LogP contribution in [0, 0.1) is 0 Å². The predicted molar refractivity (Wildman–Crippen MR) is 103 cm³/mol. The lowest BCUT2D eigenvalue weighted by Crippen LogP contribution is -2.24. The zero-order valence-corrected chi connectivity index (χ0v) is 15.9. The van der Waals surface area contributed by atoms with Crippen LogP contribution in [0.2, 0.25) is 15.1 Å². The second-order valence-electron chi connectivity index (χ2n) is 5.27. The average Bonchev–Trinajstić information content (AvgIpc) is 2.54. The molecule has 0 aliphatic heterocycles. The first-order valence-electron chi connectivity index (χ1n) is 7.23. The SMILES string of the molecule is CN(C)c1ccc(C=NNC(=O)COc2c(Cl)cc(Cl)cc2Cl)cc1. The number of hydrazone groups is 1. The highest BCUT2D eigenvalue weighted by Crippen LogP contribution is 2.35. The summed E-state index contributed by atoms with van der Waals surface area (Å²) in [4.78, 5) is 13.8. The van der Waals surface area contributed by atoms with E-state index in [1.165, 1.54) is 12.1 Å². The van der Waals surface area contributed by atoms with Crippen LogP contribution >= 0.6 is 34.8 Å². The lowest BCUT2D eigenvalue weighted by molar-refractivity contribution is -0.123. The molecule has 1 amide bonds. The molecule has 8 heteroatoms. The van der Waals surface area contributed by atoms with Gasteiger partial charge in [0.05, 0.1) is 16.3 Å². The molecule has 2 aromatic rings. The molecule has 0 heterocycles. The van der Waals surface area contributed by atoms with Crippen molar-refractivity contribution >= 4 is 52.6 Å². The Morgan fingerprint density at radius 3 is 2.32 bits per heavy atom. The van der Waals surface area contributed by atoms with E-state index in [1.807, 2.05) is 43.3 Å². The minimum absolute atomic E-state index is 0.200. The van der Waals surface area contributed by atoms with Crippen LogP contribution in [-0.4, -0.2) is 32.8 Å². The molecule has 0 saturated heterocycles. The van der Waals surface area contributed by atoms with Crippen molar-refractivity contribution in [3.63, 3.8) is 0 Å². The molecule has 132 valence electrons. The van der Waals surface area contributed by atoms with Gasteiger partial charge in [0.15, 0.2) is 12.4 Å². The number of amides is 1. The lowest BCUT2D eigenvalue weighted by atomic mass is 10.2. The van der Waals surface area contributed by atoms with Gasteiger partial charge in [-0.2, -0.15) is 5.10 Å². The van der Waals surface area contributed by atoms with Gasteiger partial charge in [0, 0.05) is 24.8 Å². The van der Waals surface area contributed by atoms with Crippen LogP contribution in [0.5, 0.6) is 5.75 Å². The molecule has 0 aromatic heterocycles. The third-order valence-electron chi connectivity index (χ3n) is 3.12. The number of nitrogens with zero attached hydrogens (tertiary/aromatic N) is 2. The average molecular weight is 401 g/mol. The van der Waals surface area contributed by atoms with Gasteiger partial charge in [-0.25, -0.2) is 5.43 Å². The van der Waals surface area contributed by atoms with Gasteiger partial charge < -0.3 is 9.64 Å². The Bertz CT molecular complexity index is 754. The van der Waals surface area contributed by atoms with Crippen molar-refractivity contribution in [1.82, 2.24) is 5.43 Å². The van der Waals surface area contributed by atoms with Crippen LogP contribution in [0.4, 0.5) is 5.69 Å². The van der Waals surface area contributed by atoms with Crippen molar-refractivity contribution in [3.05, 3.63) is 57.0 Å². The number of nitrogens with one attached hydrogen (secondary N) is 1. The number of halogens is 3. The van der Waals surface area contributed by atoms with E-state index in [1.54, 1.807) is 6.21 Å². The van der Waals surface area contributed by atoms with Crippen molar-refractivity contribution in [1.29, 1.82) is 0 Å². The summed E-state index contributed by atoms with van der Waals surface area (Å²) in [5.74, 6) is -0.241. The fraction of sp³-hybridized carbons (Fsp3) is 0.176. The Labute approximate surface area is 161 Å². The molecule has 0 fully saturated rings. The van der Waals surface area contributed by atoms with Gasteiger partial charge in [-0.15, -0.1) is 0 Å². The number of benzene rings is 2. The molecule has 0 bridgehead atoms. The van der Waals surface area contributed by atoms with E-state index in [4.69, 9.17) is 39.5 Å². The van der Waals surface area contributed by atoms with E-state index in [2.05, 4.69) is 10.5 Å². The maximum Gasteiger partial charge on any atom is 0.277 e. The van der Waals surface area contributed by atoms with Gasteiger partial charge in [-0.3, -0.25) is 4.79 Å². The van der Waals surface area contributed by atoms with Crippen LogP contribution in [0.3, 0.4) is 0 Å². The Balaban J connectivity index is 1.86. The quantitative estimate of drug-likeness (QED) is 0.583. The molecule has 25 heavy (non-hydrogen) atoms. The van der Waals surface area contributed by atoms with E-state index in [-0.39, 0.29) is 22.4 Å². The second-order valence-corrected chi connectivity index (χ2v) is 6.52. The van der Waals surface area contributed by atoms with E-state index in [0.717, 1.165) is 11.3 Å². The Hall–Kier alpha value is -1.95. The number of rotatable bonds is 6. The minimum atomic E-state index is -0.441. The van der Waals surface area contributed by atoms with Crippen molar-refractivity contribution < 1.29 is 9.53 Å². The zero-order valence-electron chi connectivity index (χ0n) is 13.6. The smallest absolute Gasteiger partial charge is 0.277 e. The Morgan fingerprint density at radius 1 is 1.16 bits per heavy atom. The van der Waals surface area contributed by atoms with Gasteiger partial charge in [-0.05, 0) is 29.8 Å². The summed E-state index contributed by atoms with van der Waals surface area (Å²) in [5, 5.41) is 4.73. The highest BCUT2D eigenvalue weighted by atomic mass is 35.5. The molecule has 0 aliphatic carbocycles. The van der Waals surface area contributed by atoms with Crippen LogP contribution in [0.25, 0.3) is 0 Å². The molecule has 2 aromatic carbocycles. The van der Waals surface area contributed by atoms with Gasteiger partial charge in [-0.1, -0.05) is 46.9 Å². The van der Waals surface area contributed by atoms with Crippen LogP contribution in [-0.2, 0) is 4.79 Å².